The Morgan fingerprint density at radius 2 is 1.87 bits per heavy atom. The van der Waals surface area contributed by atoms with Gasteiger partial charge in [0, 0.05) is 44.4 Å². The van der Waals surface area contributed by atoms with Crippen molar-refractivity contribution in [3.63, 3.8) is 0 Å². The summed E-state index contributed by atoms with van der Waals surface area (Å²) < 4.78 is 10.7. The average Bonchev–Trinajstić information content (AvgIpc) is 2.76. The normalized spacial score (nSPS) is 11.0. The van der Waals surface area contributed by atoms with E-state index >= 15 is 0 Å². The van der Waals surface area contributed by atoms with Gasteiger partial charge in [-0.05, 0) is 43.2 Å². The Balaban J connectivity index is 1.99. The number of aliphatic imine (C=N–C) groups is 1. The van der Waals surface area contributed by atoms with Crippen molar-refractivity contribution in [1.29, 1.82) is 0 Å². The number of nitrogens with one attached hydrogen (secondary N) is 2. The van der Waals surface area contributed by atoms with Crippen LogP contribution in [0.15, 0.2) is 47.5 Å². The molecule has 2 N–H and O–H groups in total. The minimum absolute atomic E-state index is 0.00755. The molecule has 2 aromatic carbocycles. The summed E-state index contributed by atoms with van der Waals surface area (Å²) in [6.45, 7) is 3.97. The van der Waals surface area contributed by atoms with E-state index < -0.39 is 0 Å². The van der Waals surface area contributed by atoms with Crippen molar-refractivity contribution in [2.24, 2.45) is 4.99 Å². The van der Waals surface area contributed by atoms with E-state index in [1.54, 1.807) is 33.2 Å². The second-order valence-corrected chi connectivity index (χ2v) is 6.95. The van der Waals surface area contributed by atoms with Crippen LogP contribution < -0.4 is 20.1 Å². The summed E-state index contributed by atoms with van der Waals surface area (Å²) in [6, 6.07) is 13.4. The summed E-state index contributed by atoms with van der Waals surface area (Å²) in [5.74, 6) is 2.24. The second-order valence-electron chi connectivity index (χ2n) is 6.95. The Bertz CT molecular complexity index is 865. The Morgan fingerprint density at radius 1 is 1.07 bits per heavy atom. The van der Waals surface area contributed by atoms with Crippen LogP contribution in [0.3, 0.4) is 0 Å². The molecule has 7 heteroatoms. The van der Waals surface area contributed by atoms with E-state index in [9.17, 15) is 4.79 Å². The van der Waals surface area contributed by atoms with Gasteiger partial charge in [0.15, 0.2) is 5.96 Å². The summed E-state index contributed by atoms with van der Waals surface area (Å²) in [5, 5.41) is 6.61. The SMILES string of the molecule is CCNC(=NCc1ccc(OC)cc1OC)NCCc1cccc(C(=O)N(C)C)c1. The third-order valence-corrected chi connectivity index (χ3v) is 4.53. The zero-order valence-electron chi connectivity index (χ0n) is 18.5. The number of carbonyl (C=O) groups is 1. The smallest absolute Gasteiger partial charge is 0.253 e. The number of hydrogen-bond donors (Lipinski definition) is 2. The highest BCUT2D eigenvalue weighted by Gasteiger charge is 2.09. The van der Waals surface area contributed by atoms with Crippen LogP contribution in [0, 0.1) is 0 Å². The Morgan fingerprint density at radius 3 is 2.53 bits per heavy atom. The Kier molecular flexibility index (Phi) is 9.00. The second kappa shape index (κ2) is 11.7. The molecule has 0 heterocycles. The van der Waals surface area contributed by atoms with Crippen molar-refractivity contribution in [3.8, 4) is 11.5 Å². The highest BCUT2D eigenvalue weighted by Crippen LogP contribution is 2.25. The topological polar surface area (TPSA) is 75.2 Å². The monoisotopic (exact) mass is 412 g/mol. The van der Waals surface area contributed by atoms with Crippen molar-refractivity contribution < 1.29 is 14.3 Å². The van der Waals surface area contributed by atoms with Crippen LogP contribution in [0.25, 0.3) is 0 Å². The summed E-state index contributed by atoms with van der Waals surface area (Å²) in [6.07, 6.45) is 0.783. The standard InChI is InChI=1S/C23H32N4O3/c1-6-24-23(26-16-19-10-11-20(29-4)15-21(19)30-5)25-13-12-17-8-7-9-18(14-17)22(28)27(2)3/h7-11,14-15H,6,12-13,16H2,1-5H3,(H2,24,25,26). The number of carbonyl (C=O) groups excluding carboxylic acids is 1. The lowest BCUT2D eigenvalue weighted by Gasteiger charge is -2.14. The van der Waals surface area contributed by atoms with E-state index in [0.29, 0.717) is 18.7 Å². The molecule has 1 amide bonds. The number of amides is 1. The fourth-order valence-electron chi connectivity index (χ4n) is 2.93. The summed E-state index contributed by atoms with van der Waals surface area (Å²) >= 11 is 0. The first-order valence-corrected chi connectivity index (χ1v) is 10.0. The third kappa shape index (κ3) is 6.69. The number of nitrogens with zero attached hydrogens (tertiary/aromatic N) is 2. The van der Waals surface area contributed by atoms with E-state index in [-0.39, 0.29) is 5.91 Å². The number of methoxy groups -OCH3 is 2. The zero-order valence-corrected chi connectivity index (χ0v) is 18.5. The molecule has 7 nitrogen and oxygen atoms in total. The molecule has 0 saturated heterocycles. The van der Waals surface area contributed by atoms with E-state index in [0.717, 1.165) is 41.6 Å². The predicted octanol–water partition coefficient (Wildman–Crippen LogP) is 2.70. The summed E-state index contributed by atoms with van der Waals surface area (Å²) in [7, 11) is 6.79. The van der Waals surface area contributed by atoms with E-state index in [2.05, 4.69) is 15.6 Å². The van der Waals surface area contributed by atoms with Gasteiger partial charge >= 0.3 is 0 Å². The quantitative estimate of drug-likeness (QED) is 0.489. The molecule has 0 aromatic heterocycles. The van der Waals surface area contributed by atoms with Gasteiger partial charge in [-0.25, -0.2) is 4.99 Å². The molecule has 0 unspecified atom stereocenters. The molecule has 0 bridgehead atoms. The Labute approximate surface area is 179 Å². The maximum absolute atomic E-state index is 12.1. The predicted molar refractivity (Wildman–Crippen MR) is 121 cm³/mol. The third-order valence-electron chi connectivity index (χ3n) is 4.53. The summed E-state index contributed by atoms with van der Waals surface area (Å²) in [4.78, 5) is 18.4. The minimum Gasteiger partial charge on any atom is -0.497 e. The number of guanidine groups is 1. The van der Waals surface area contributed by atoms with Crippen LogP contribution in [0.1, 0.15) is 28.4 Å². The molecule has 162 valence electrons. The molecular weight excluding hydrogens is 380 g/mol. The van der Waals surface area contributed by atoms with Crippen molar-refractivity contribution >= 4 is 11.9 Å². The van der Waals surface area contributed by atoms with Crippen molar-refractivity contribution in [3.05, 3.63) is 59.2 Å². The number of hydrogen-bond acceptors (Lipinski definition) is 4. The van der Waals surface area contributed by atoms with Gasteiger partial charge in [0.1, 0.15) is 11.5 Å². The zero-order chi connectivity index (χ0) is 21.9. The molecule has 0 aliphatic rings. The number of ether oxygens (including phenoxy) is 2. The van der Waals surface area contributed by atoms with Gasteiger partial charge in [-0.15, -0.1) is 0 Å². The molecule has 0 aliphatic heterocycles. The molecule has 30 heavy (non-hydrogen) atoms. The van der Waals surface area contributed by atoms with Crippen LogP contribution in [0.4, 0.5) is 0 Å². The van der Waals surface area contributed by atoms with Gasteiger partial charge in [-0.3, -0.25) is 4.79 Å². The van der Waals surface area contributed by atoms with Crippen LogP contribution >= 0.6 is 0 Å². The fourth-order valence-corrected chi connectivity index (χ4v) is 2.93. The Hall–Kier alpha value is -3.22. The maximum Gasteiger partial charge on any atom is 0.253 e. The van der Waals surface area contributed by atoms with Gasteiger partial charge in [-0.1, -0.05) is 12.1 Å². The highest BCUT2D eigenvalue weighted by molar-refractivity contribution is 5.94. The van der Waals surface area contributed by atoms with Gasteiger partial charge in [0.05, 0.1) is 20.8 Å². The first kappa shape index (κ1) is 23.1. The van der Waals surface area contributed by atoms with E-state index in [1.165, 1.54) is 0 Å². The lowest BCUT2D eigenvalue weighted by atomic mass is 10.1. The fraction of sp³-hybridized carbons (Fsp3) is 0.391. The molecule has 0 saturated carbocycles. The van der Waals surface area contributed by atoms with Crippen LogP contribution in [-0.2, 0) is 13.0 Å². The van der Waals surface area contributed by atoms with Crippen molar-refractivity contribution in [2.45, 2.75) is 19.9 Å². The minimum atomic E-state index is 0.00755. The van der Waals surface area contributed by atoms with Crippen LogP contribution in [-0.4, -0.2) is 58.2 Å². The van der Waals surface area contributed by atoms with E-state index in [1.807, 2.05) is 49.4 Å². The molecular formula is C23H32N4O3. The van der Waals surface area contributed by atoms with Crippen molar-refractivity contribution in [2.75, 3.05) is 41.4 Å². The van der Waals surface area contributed by atoms with Gasteiger partial charge in [0.2, 0.25) is 0 Å². The van der Waals surface area contributed by atoms with Gasteiger partial charge in [-0.2, -0.15) is 0 Å². The molecule has 0 fully saturated rings. The molecule has 0 atom stereocenters. The molecule has 2 aromatic rings. The molecule has 2 rings (SSSR count). The first-order chi connectivity index (χ1) is 14.5. The van der Waals surface area contributed by atoms with Crippen molar-refractivity contribution in [1.82, 2.24) is 15.5 Å². The lowest BCUT2D eigenvalue weighted by Crippen LogP contribution is -2.38. The van der Waals surface area contributed by atoms with Gasteiger partial charge < -0.3 is 25.0 Å². The summed E-state index contributed by atoms with van der Waals surface area (Å²) in [5.41, 5.74) is 2.78. The maximum atomic E-state index is 12.1. The highest BCUT2D eigenvalue weighted by atomic mass is 16.5. The molecule has 0 radical (unpaired) electrons. The first-order valence-electron chi connectivity index (χ1n) is 10.0. The number of benzene rings is 2. The van der Waals surface area contributed by atoms with Crippen LogP contribution in [0.5, 0.6) is 11.5 Å². The van der Waals surface area contributed by atoms with Crippen LogP contribution in [0.2, 0.25) is 0 Å². The number of rotatable bonds is 9. The molecule has 0 aliphatic carbocycles. The van der Waals surface area contributed by atoms with Gasteiger partial charge in [0.25, 0.3) is 5.91 Å². The lowest BCUT2D eigenvalue weighted by molar-refractivity contribution is 0.0827. The molecule has 0 spiro atoms. The average molecular weight is 413 g/mol. The largest absolute Gasteiger partial charge is 0.497 e. The van der Waals surface area contributed by atoms with E-state index in [4.69, 9.17) is 9.47 Å².